The summed E-state index contributed by atoms with van der Waals surface area (Å²) in [6.45, 7) is 4.21. The van der Waals surface area contributed by atoms with Crippen LogP contribution in [0.3, 0.4) is 0 Å². The molecule has 0 amide bonds. The Bertz CT molecular complexity index is 148. The van der Waals surface area contributed by atoms with Crippen molar-refractivity contribution in [3.63, 3.8) is 0 Å². The lowest BCUT2D eigenvalue weighted by Gasteiger charge is -2.20. The van der Waals surface area contributed by atoms with Crippen molar-refractivity contribution in [2.24, 2.45) is 11.7 Å². The van der Waals surface area contributed by atoms with Crippen LogP contribution in [0.5, 0.6) is 0 Å². The maximum Gasteiger partial charge on any atom is 0.304 e. The Labute approximate surface area is 80.3 Å². The molecule has 0 heterocycles. The molecule has 0 aliphatic heterocycles. The summed E-state index contributed by atoms with van der Waals surface area (Å²) in [6.07, 6.45) is 4.43. The molecule has 0 spiro atoms. The summed E-state index contributed by atoms with van der Waals surface area (Å²) in [7, 11) is 0. The van der Waals surface area contributed by atoms with Crippen molar-refractivity contribution in [3.05, 3.63) is 0 Å². The molecule has 0 fully saturated rings. The number of hydrogen-bond donors (Lipinski definition) is 2. The van der Waals surface area contributed by atoms with E-state index in [9.17, 15) is 4.79 Å². The highest BCUT2D eigenvalue weighted by Gasteiger charge is 2.17. The number of carboxylic acids is 1. The second kappa shape index (κ2) is 6.89. The zero-order valence-electron chi connectivity index (χ0n) is 8.62. The van der Waals surface area contributed by atoms with Gasteiger partial charge in [0.2, 0.25) is 0 Å². The fourth-order valence-electron chi connectivity index (χ4n) is 1.56. The predicted octanol–water partition coefficient (Wildman–Crippen LogP) is 2.00. The van der Waals surface area contributed by atoms with Gasteiger partial charge in [-0.15, -0.1) is 0 Å². The van der Waals surface area contributed by atoms with Crippen LogP contribution in [0.15, 0.2) is 0 Å². The molecular formula is C10H21NO2. The van der Waals surface area contributed by atoms with Crippen LogP contribution in [0, 0.1) is 5.92 Å². The Morgan fingerprint density at radius 1 is 1.46 bits per heavy atom. The summed E-state index contributed by atoms with van der Waals surface area (Å²) < 4.78 is 0. The molecule has 0 saturated heterocycles. The van der Waals surface area contributed by atoms with Gasteiger partial charge in [-0.3, -0.25) is 4.79 Å². The summed E-state index contributed by atoms with van der Waals surface area (Å²) in [6, 6.07) is -0.172. The fraction of sp³-hybridized carbons (Fsp3) is 0.900. The second-order valence-electron chi connectivity index (χ2n) is 3.57. The highest BCUT2D eigenvalue weighted by molar-refractivity contribution is 5.67. The first-order valence-electron chi connectivity index (χ1n) is 5.09. The van der Waals surface area contributed by atoms with Gasteiger partial charge in [0.25, 0.3) is 0 Å². The minimum Gasteiger partial charge on any atom is -0.481 e. The monoisotopic (exact) mass is 187 g/mol. The first-order valence-corrected chi connectivity index (χ1v) is 5.09. The molecule has 0 aromatic carbocycles. The second-order valence-corrected chi connectivity index (χ2v) is 3.57. The molecule has 0 aliphatic carbocycles. The van der Waals surface area contributed by atoms with Crippen molar-refractivity contribution in [1.29, 1.82) is 0 Å². The summed E-state index contributed by atoms with van der Waals surface area (Å²) in [5.41, 5.74) is 5.79. The van der Waals surface area contributed by atoms with E-state index in [1.54, 1.807) is 0 Å². The zero-order valence-corrected chi connectivity index (χ0v) is 8.62. The van der Waals surface area contributed by atoms with E-state index in [2.05, 4.69) is 13.8 Å². The number of carbonyl (C=O) groups is 1. The summed E-state index contributed by atoms with van der Waals surface area (Å²) in [4.78, 5) is 10.4. The molecule has 0 bridgehead atoms. The normalized spacial score (nSPS) is 15.3. The molecule has 0 saturated carbocycles. The molecule has 0 aliphatic rings. The first kappa shape index (κ1) is 12.4. The Morgan fingerprint density at radius 3 is 2.46 bits per heavy atom. The smallest absolute Gasteiger partial charge is 0.304 e. The van der Waals surface area contributed by atoms with E-state index < -0.39 is 5.97 Å². The molecule has 0 rings (SSSR count). The molecule has 13 heavy (non-hydrogen) atoms. The van der Waals surface area contributed by atoms with E-state index in [1.165, 1.54) is 0 Å². The average Bonchev–Trinajstić information content (AvgIpc) is 2.04. The number of unbranched alkanes of at least 4 members (excludes halogenated alkanes) is 1. The number of nitrogens with two attached hydrogens (primary N) is 1. The van der Waals surface area contributed by atoms with E-state index in [0.29, 0.717) is 5.92 Å². The summed E-state index contributed by atoms with van der Waals surface area (Å²) in [5, 5.41) is 8.57. The van der Waals surface area contributed by atoms with Crippen LogP contribution in [0.2, 0.25) is 0 Å². The van der Waals surface area contributed by atoms with Crippen molar-refractivity contribution >= 4 is 5.97 Å². The van der Waals surface area contributed by atoms with Crippen molar-refractivity contribution in [2.75, 3.05) is 0 Å². The third-order valence-electron chi connectivity index (χ3n) is 2.47. The van der Waals surface area contributed by atoms with Gasteiger partial charge >= 0.3 is 5.97 Å². The van der Waals surface area contributed by atoms with Crippen LogP contribution in [0.4, 0.5) is 0 Å². The minimum atomic E-state index is -0.789. The Balaban J connectivity index is 3.83. The van der Waals surface area contributed by atoms with E-state index in [-0.39, 0.29) is 12.5 Å². The van der Waals surface area contributed by atoms with Gasteiger partial charge in [-0.1, -0.05) is 33.1 Å². The molecule has 3 nitrogen and oxygen atoms in total. The van der Waals surface area contributed by atoms with Crippen molar-refractivity contribution in [1.82, 2.24) is 0 Å². The van der Waals surface area contributed by atoms with Crippen molar-refractivity contribution < 1.29 is 9.90 Å². The molecule has 0 aromatic rings. The van der Waals surface area contributed by atoms with Crippen LogP contribution in [0.25, 0.3) is 0 Å². The van der Waals surface area contributed by atoms with Crippen molar-refractivity contribution in [3.8, 4) is 0 Å². The highest BCUT2D eigenvalue weighted by atomic mass is 16.4. The largest absolute Gasteiger partial charge is 0.481 e. The molecule has 0 radical (unpaired) electrons. The van der Waals surface area contributed by atoms with E-state index in [0.717, 1.165) is 25.7 Å². The lowest BCUT2D eigenvalue weighted by atomic mass is 9.90. The molecule has 3 N–H and O–H groups in total. The Kier molecular flexibility index (Phi) is 6.59. The SMILES string of the molecule is CCCC[C@H](CC)[C@@H](N)CC(=O)O. The maximum absolute atomic E-state index is 10.4. The molecule has 3 heteroatoms. The molecule has 78 valence electrons. The quantitative estimate of drug-likeness (QED) is 0.640. The van der Waals surface area contributed by atoms with Gasteiger partial charge < -0.3 is 10.8 Å². The van der Waals surface area contributed by atoms with E-state index in [4.69, 9.17) is 10.8 Å². The molecule has 0 aromatic heterocycles. The number of rotatable bonds is 7. The summed E-state index contributed by atoms with van der Waals surface area (Å²) >= 11 is 0. The van der Waals surface area contributed by atoms with Crippen molar-refractivity contribution in [2.45, 2.75) is 52.0 Å². The topological polar surface area (TPSA) is 63.3 Å². The van der Waals surface area contributed by atoms with Gasteiger partial charge in [0.05, 0.1) is 6.42 Å². The third kappa shape index (κ3) is 5.64. The van der Waals surface area contributed by atoms with Gasteiger partial charge in [0.15, 0.2) is 0 Å². The zero-order chi connectivity index (χ0) is 10.3. The van der Waals surface area contributed by atoms with Gasteiger partial charge in [-0.05, 0) is 12.3 Å². The summed E-state index contributed by atoms with van der Waals surface area (Å²) in [5.74, 6) is -0.418. The van der Waals surface area contributed by atoms with E-state index >= 15 is 0 Å². The highest BCUT2D eigenvalue weighted by Crippen LogP contribution is 2.17. The Morgan fingerprint density at radius 2 is 2.08 bits per heavy atom. The lowest BCUT2D eigenvalue weighted by Crippen LogP contribution is -2.32. The molecule has 0 unspecified atom stereocenters. The standard InChI is InChI=1S/C10H21NO2/c1-3-5-6-8(4-2)9(11)7-10(12)13/h8-9H,3-7,11H2,1-2H3,(H,12,13)/t8-,9-/m0/s1. The number of carboxylic acid groups (broad SMARTS) is 1. The van der Waals surface area contributed by atoms with Gasteiger partial charge in [0.1, 0.15) is 0 Å². The van der Waals surface area contributed by atoms with Crippen LogP contribution >= 0.6 is 0 Å². The average molecular weight is 187 g/mol. The van der Waals surface area contributed by atoms with Gasteiger partial charge in [-0.2, -0.15) is 0 Å². The Hall–Kier alpha value is -0.570. The predicted molar refractivity (Wildman–Crippen MR) is 53.5 cm³/mol. The molecule has 2 atom stereocenters. The van der Waals surface area contributed by atoms with Gasteiger partial charge in [-0.25, -0.2) is 0 Å². The minimum absolute atomic E-state index is 0.0994. The lowest BCUT2D eigenvalue weighted by molar-refractivity contribution is -0.137. The maximum atomic E-state index is 10.4. The van der Waals surface area contributed by atoms with E-state index in [1.807, 2.05) is 0 Å². The number of hydrogen-bond acceptors (Lipinski definition) is 2. The van der Waals surface area contributed by atoms with Crippen LogP contribution in [-0.4, -0.2) is 17.1 Å². The first-order chi connectivity index (χ1) is 6.11. The van der Waals surface area contributed by atoms with Gasteiger partial charge in [0, 0.05) is 6.04 Å². The van der Waals surface area contributed by atoms with Crippen LogP contribution < -0.4 is 5.73 Å². The molecular weight excluding hydrogens is 166 g/mol. The number of aliphatic carboxylic acids is 1. The fourth-order valence-corrected chi connectivity index (χ4v) is 1.56. The van der Waals surface area contributed by atoms with Crippen LogP contribution in [-0.2, 0) is 4.79 Å². The third-order valence-corrected chi connectivity index (χ3v) is 2.47. The van der Waals surface area contributed by atoms with Crippen LogP contribution in [0.1, 0.15) is 46.0 Å².